The minimum absolute atomic E-state index is 0.231. The number of nitrogens with one attached hydrogen (secondary N) is 2. The van der Waals surface area contributed by atoms with Gasteiger partial charge in [-0.05, 0) is 32.9 Å². The first-order valence-electron chi connectivity index (χ1n) is 7.14. The molecule has 0 spiro atoms. The predicted molar refractivity (Wildman–Crippen MR) is 82.7 cm³/mol. The van der Waals surface area contributed by atoms with Gasteiger partial charge in [0, 0.05) is 6.54 Å². The second-order valence-electron chi connectivity index (χ2n) is 5.11. The summed E-state index contributed by atoms with van der Waals surface area (Å²) in [7, 11) is 0. The number of ether oxygens (including phenoxy) is 1. The molecule has 0 saturated carbocycles. The number of aromatic amines is 1. The van der Waals surface area contributed by atoms with Crippen molar-refractivity contribution in [2.75, 3.05) is 13.2 Å². The maximum Gasteiger partial charge on any atom is 0.255 e. The zero-order chi connectivity index (χ0) is 16.1. The molecule has 1 heterocycles. The van der Waals surface area contributed by atoms with Crippen LogP contribution >= 0.6 is 0 Å². The van der Waals surface area contributed by atoms with Gasteiger partial charge < -0.3 is 15.8 Å². The molecule has 1 atom stereocenters. The highest BCUT2D eigenvalue weighted by Crippen LogP contribution is 2.21. The standard InChI is InChI=1S/C15H21N5O2/c1-9-4-5-13(22-7-6-16)12(8-9)15(21)17-10(2)14-18-11(3)19-20-14/h4-5,8,10H,6-7,16H2,1-3H3,(H,17,21)(H,18,19,20)/t10-/m0/s1. The molecule has 0 aliphatic rings. The summed E-state index contributed by atoms with van der Waals surface area (Å²) < 4.78 is 5.53. The third kappa shape index (κ3) is 3.82. The first kappa shape index (κ1) is 16.0. The molecule has 0 fully saturated rings. The van der Waals surface area contributed by atoms with Crippen LogP contribution in [0, 0.1) is 13.8 Å². The molecule has 0 saturated heterocycles. The van der Waals surface area contributed by atoms with E-state index in [1.54, 1.807) is 12.1 Å². The fourth-order valence-corrected chi connectivity index (χ4v) is 2.01. The van der Waals surface area contributed by atoms with Crippen molar-refractivity contribution in [1.29, 1.82) is 0 Å². The number of amides is 1. The molecule has 4 N–H and O–H groups in total. The van der Waals surface area contributed by atoms with Gasteiger partial charge in [-0.3, -0.25) is 9.89 Å². The van der Waals surface area contributed by atoms with E-state index in [1.807, 2.05) is 26.8 Å². The Morgan fingerprint density at radius 3 is 2.86 bits per heavy atom. The Kier molecular flexibility index (Phi) is 5.11. The van der Waals surface area contributed by atoms with E-state index in [-0.39, 0.29) is 11.9 Å². The summed E-state index contributed by atoms with van der Waals surface area (Å²) in [4.78, 5) is 16.7. The number of aryl methyl sites for hydroxylation is 2. The van der Waals surface area contributed by atoms with Gasteiger partial charge >= 0.3 is 0 Å². The predicted octanol–water partition coefficient (Wildman–Crippen LogP) is 1.25. The second kappa shape index (κ2) is 7.04. The third-order valence-electron chi connectivity index (χ3n) is 3.10. The average Bonchev–Trinajstić information content (AvgIpc) is 2.92. The van der Waals surface area contributed by atoms with Crippen molar-refractivity contribution >= 4 is 5.91 Å². The summed E-state index contributed by atoms with van der Waals surface area (Å²) in [5.74, 6) is 1.54. The van der Waals surface area contributed by atoms with Crippen LogP contribution in [0.4, 0.5) is 0 Å². The largest absolute Gasteiger partial charge is 0.491 e. The van der Waals surface area contributed by atoms with Crippen LogP contribution in [-0.4, -0.2) is 34.2 Å². The van der Waals surface area contributed by atoms with E-state index in [1.165, 1.54) is 0 Å². The fourth-order valence-electron chi connectivity index (χ4n) is 2.01. The summed E-state index contributed by atoms with van der Waals surface area (Å²) >= 11 is 0. The third-order valence-corrected chi connectivity index (χ3v) is 3.10. The lowest BCUT2D eigenvalue weighted by molar-refractivity contribution is 0.0934. The fraction of sp³-hybridized carbons (Fsp3) is 0.400. The van der Waals surface area contributed by atoms with E-state index in [0.29, 0.717) is 36.1 Å². The summed E-state index contributed by atoms with van der Waals surface area (Å²) in [5.41, 5.74) is 6.90. The van der Waals surface area contributed by atoms with Crippen molar-refractivity contribution in [3.63, 3.8) is 0 Å². The van der Waals surface area contributed by atoms with Crippen LogP contribution in [0.3, 0.4) is 0 Å². The van der Waals surface area contributed by atoms with E-state index < -0.39 is 0 Å². The Labute approximate surface area is 129 Å². The monoisotopic (exact) mass is 303 g/mol. The number of hydrogen-bond donors (Lipinski definition) is 3. The quantitative estimate of drug-likeness (QED) is 0.744. The number of H-pyrrole nitrogens is 1. The SMILES string of the molecule is Cc1ccc(OCCN)c(C(=O)N[C@@H](C)c2n[nH]c(C)n2)c1. The Balaban J connectivity index is 2.15. The van der Waals surface area contributed by atoms with Gasteiger partial charge in [0.1, 0.15) is 18.2 Å². The normalized spacial score (nSPS) is 12.0. The molecule has 2 aromatic rings. The minimum atomic E-state index is -0.305. The number of carbonyl (C=O) groups is 1. The molecule has 1 amide bonds. The number of nitrogens with two attached hydrogens (primary N) is 1. The Morgan fingerprint density at radius 2 is 2.23 bits per heavy atom. The van der Waals surface area contributed by atoms with E-state index in [2.05, 4.69) is 20.5 Å². The van der Waals surface area contributed by atoms with E-state index in [0.717, 1.165) is 5.56 Å². The van der Waals surface area contributed by atoms with Crippen molar-refractivity contribution in [2.45, 2.75) is 26.8 Å². The van der Waals surface area contributed by atoms with Crippen molar-refractivity contribution in [3.8, 4) is 5.75 Å². The van der Waals surface area contributed by atoms with Gasteiger partial charge in [0.05, 0.1) is 11.6 Å². The Morgan fingerprint density at radius 1 is 1.45 bits per heavy atom. The van der Waals surface area contributed by atoms with Gasteiger partial charge in [0.25, 0.3) is 5.91 Å². The topological polar surface area (TPSA) is 106 Å². The molecular weight excluding hydrogens is 282 g/mol. The summed E-state index contributed by atoms with van der Waals surface area (Å²) in [6, 6.07) is 5.16. The van der Waals surface area contributed by atoms with Gasteiger partial charge in [0.2, 0.25) is 0 Å². The first-order valence-corrected chi connectivity index (χ1v) is 7.14. The highest BCUT2D eigenvalue weighted by atomic mass is 16.5. The van der Waals surface area contributed by atoms with Crippen molar-refractivity contribution in [1.82, 2.24) is 20.5 Å². The molecule has 7 nitrogen and oxygen atoms in total. The molecule has 0 radical (unpaired) electrons. The number of hydrogen-bond acceptors (Lipinski definition) is 5. The zero-order valence-electron chi connectivity index (χ0n) is 13.0. The summed E-state index contributed by atoms with van der Waals surface area (Å²) in [6.07, 6.45) is 0. The first-order chi connectivity index (χ1) is 10.5. The van der Waals surface area contributed by atoms with Crippen LogP contribution in [0.5, 0.6) is 5.75 Å². The minimum Gasteiger partial charge on any atom is -0.491 e. The summed E-state index contributed by atoms with van der Waals surface area (Å²) in [6.45, 7) is 6.31. The molecule has 1 aromatic carbocycles. The molecule has 0 aliphatic carbocycles. The van der Waals surface area contributed by atoms with Crippen LogP contribution < -0.4 is 15.8 Å². The molecule has 0 bridgehead atoms. The average molecular weight is 303 g/mol. The number of aromatic nitrogens is 3. The van der Waals surface area contributed by atoms with Crippen molar-refractivity contribution < 1.29 is 9.53 Å². The van der Waals surface area contributed by atoms with E-state index >= 15 is 0 Å². The van der Waals surface area contributed by atoms with Crippen LogP contribution in [0.2, 0.25) is 0 Å². The highest BCUT2D eigenvalue weighted by Gasteiger charge is 2.18. The molecule has 118 valence electrons. The van der Waals surface area contributed by atoms with Crippen LogP contribution in [0.15, 0.2) is 18.2 Å². The lowest BCUT2D eigenvalue weighted by atomic mass is 10.1. The van der Waals surface area contributed by atoms with Gasteiger partial charge in [-0.1, -0.05) is 11.6 Å². The lowest BCUT2D eigenvalue weighted by Gasteiger charge is -2.14. The van der Waals surface area contributed by atoms with Gasteiger partial charge in [-0.15, -0.1) is 0 Å². The maximum absolute atomic E-state index is 12.5. The van der Waals surface area contributed by atoms with Crippen molar-refractivity contribution in [3.05, 3.63) is 41.0 Å². The highest BCUT2D eigenvalue weighted by molar-refractivity contribution is 5.97. The second-order valence-corrected chi connectivity index (χ2v) is 5.11. The number of rotatable bonds is 6. The van der Waals surface area contributed by atoms with E-state index in [9.17, 15) is 4.79 Å². The van der Waals surface area contributed by atoms with Gasteiger partial charge in [-0.25, -0.2) is 4.98 Å². The number of benzene rings is 1. The Bertz CT molecular complexity index is 653. The molecule has 2 rings (SSSR count). The molecule has 0 aliphatic heterocycles. The Hall–Kier alpha value is -2.41. The number of nitrogens with zero attached hydrogens (tertiary/aromatic N) is 2. The van der Waals surface area contributed by atoms with Crippen molar-refractivity contribution in [2.24, 2.45) is 5.73 Å². The van der Waals surface area contributed by atoms with Gasteiger partial charge in [-0.2, -0.15) is 5.10 Å². The summed E-state index contributed by atoms with van der Waals surface area (Å²) in [5, 5.41) is 9.69. The molecule has 22 heavy (non-hydrogen) atoms. The molecule has 7 heteroatoms. The maximum atomic E-state index is 12.5. The molecule has 0 unspecified atom stereocenters. The smallest absolute Gasteiger partial charge is 0.255 e. The van der Waals surface area contributed by atoms with Gasteiger partial charge in [0.15, 0.2) is 5.82 Å². The van der Waals surface area contributed by atoms with E-state index in [4.69, 9.17) is 10.5 Å². The van der Waals surface area contributed by atoms with Crippen LogP contribution in [0.25, 0.3) is 0 Å². The van der Waals surface area contributed by atoms with Crippen LogP contribution in [0.1, 0.15) is 40.5 Å². The zero-order valence-corrected chi connectivity index (χ0v) is 13.0. The lowest BCUT2D eigenvalue weighted by Crippen LogP contribution is -2.28. The molecular formula is C15H21N5O2. The number of carbonyl (C=O) groups excluding carboxylic acids is 1. The van der Waals surface area contributed by atoms with Crippen LogP contribution in [-0.2, 0) is 0 Å². The molecule has 1 aromatic heterocycles.